The molecule has 3 aromatic carbocycles. The van der Waals surface area contributed by atoms with Gasteiger partial charge in [0, 0.05) is 28.1 Å². The zero-order valence-electron chi connectivity index (χ0n) is 19.0. The van der Waals surface area contributed by atoms with Gasteiger partial charge >= 0.3 is 0 Å². The molecule has 0 bridgehead atoms. The zero-order valence-corrected chi connectivity index (χ0v) is 19.8. The smallest absolute Gasteiger partial charge is 0.197 e. The summed E-state index contributed by atoms with van der Waals surface area (Å²) in [4.78, 5) is 16.0. The van der Waals surface area contributed by atoms with Crippen LogP contribution in [0.4, 0.5) is 0 Å². The van der Waals surface area contributed by atoms with Crippen molar-refractivity contribution in [2.75, 3.05) is 26.2 Å². The molecule has 0 saturated heterocycles. The molecule has 1 heterocycles. The van der Waals surface area contributed by atoms with E-state index in [0.717, 1.165) is 37.4 Å². The Hall–Kier alpha value is -3.08. The van der Waals surface area contributed by atoms with Gasteiger partial charge in [0.2, 0.25) is 0 Å². The number of furan rings is 1. The molecular formula is C28H28ClNO3. The molecule has 0 saturated carbocycles. The standard InChI is InChI=1S/C28H28ClNO3/c1-3-30(4-2)17-8-18-32-23-14-11-20(12-15-23)27(31)26-24-19-22(29)13-16-25(24)33-28(26)21-9-6-5-7-10-21/h5-7,9-16,19H,3-4,8,17-18H2,1-2H3. The predicted molar refractivity (Wildman–Crippen MR) is 134 cm³/mol. The van der Waals surface area contributed by atoms with Crippen molar-refractivity contribution in [3.8, 4) is 17.1 Å². The Labute approximate surface area is 199 Å². The molecule has 4 nitrogen and oxygen atoms in total. The summed E-state index contributed by atoms with van der Waals surface area (Å²) in [5, 5.41) is 1.27. The fourth-order valence-electron chi connectivity index (χ4n) is 3.95. The number of fused-ring (bicyclic) bond motifs is 1. The minimum absolute atomic E-state index is 0.108. The molecule has 0 amide bonds. The van der Waals surface area contributed by atoms with Crippen LogP contribution in [-0.4, -0.2) is 36.9 Å². The molecule has 0 radical (unpaired) electrons. The summed E-state index contributed by atoms with van der Waals surface area (Å²) in [7, 11) is 0. The summed E-state index contributed by atoms with van der Waals surface area (Å²) in [6, 6.07) is 22.3. The molecular weight excluding hydrogens is 434 g/mol. The van der Waals surface area contributed by atoms with Gasteiger partial charge in [-0.05, 0) is 62.0 Å². The van der Waals surface area contributed by atoms with E-state index in [0.29, 0.717) is 39.5 Å². The van der Waals surface area contributed by atoms with Crippen LogP contribution >= 0.6 is 11.6 Å². The fourth-order valence-corrected chi connectivity index (χ4v) is 4.13. The van der Waals surface area contributed by atoms with Gasteiger partial charge in [0.05, 0.1) is 12.2 Å². The lowest BCUT2D eigenvalue weighted by atomic mass is 9.97. The molecule has 170 valence electrons. The second kappa shape index (κ2) is 10.7. The average Bonchev–Trinajstić information content (AvgIpc) is 3.23. The number of nitrogens with zero attached hydrogens (tertiary/aromatic N) is 1. The molecule has 0 unspecified atom stereocenters. The summed E-state index contributed by atoms with van der Waals surface area (Å²) in [5.41, 5.74) is 2.58. The first kappa shape index (κ1) is 23.1. The van der Waals surface area contributed by atoms with Crippen LogP contribution in [0.5, 0.6) is 5.75 Å². The highest BCUT2D eigenvalue weighted by atomic mass is 35.5. The van der Waals surface area contributed by atoms with Crippen LogP contribution in [-0.2, 0) is 0 Å². The third-order valence-corrected chi connectivity index (χ3v) is 6.05. The van der Waals surface area contributed by atoms with Crippen molar-refractivity contribution in [3.63, 3.8) is 0 Å². The quantitative estimate of drug-likeness (QED) is 0.187. The normalized spacial score (nSPS) is 11.3. The van der Waals surface area contributed by atoms with Gasteiger partial charge in [0.1, 0.15) is 17.1 Å². The van der Waals surface area contributed by atoms with Gasteiger partial charge in [-0.2, -0.15) is 0 Å². The van der Waals surface area contributed by atoms with E-state index in [1.807, 2.05) is 42.5 Å². The lowest BCUT2D eigenvalue weighted by Gasteiger charge is -2.17. The highest BCUT2D eigenvalue weighted by molar-refractivity contribution is 6.32. The molecule has 0 aliphatic carbocycles. The summed E-state index contributed by atoms with van der Waals surface area (Å²) in [5.74, 6) is 1.20. The number of halogens is 1. The first-order valence-corrected chi connectivity index (χ1v) is 11.8. The maximum absolute atomic E-state index is 13.6. The SMILES string of the molecule is CCN(CC)CCCOc1ccc(C(=O)c2c(-c3ccccc3)oc3ccc(Cl)cc23)cc1. The van der Waals surface area contributed by atoms with Crippen molar-refractivity contribution in [3.05, 3.63) is 88.9 Å². The number of hydrogen-bond donors (Lipinski definition) is 0. The molecule has 4 aromatic rings. The molecule has 0 fully saturated rings. The van der Waals surface area contributed by atoms with Crippen LogP contribution in [0.3, 0.4) is 0 Å². The van der Waals surface area contributed by atoms with E-state index in [1.165, 1.54) is 0 Å². The van der Waals surface area contributed by atoms with Gasteiger partial charge < -0.3 is 14.1 Å². The van der Waals surface area contributed by atoms with E-state index in [1.54, 1.807) is 30.3 Å². The first-order chi connectivity index (χ1) is 16.1. The largest absolute Gasteiger partial charge is 0.494 e. The van der Waals surface area contributed by atoms with E-state index in [2.05, 4.69) is 18.7 Å². The number of ether oxygens (including phenoxy) is 1. The molecule has 0 atom stereocenters. The van der Waals surface area contributed by atoms with Crippen molar-refractivity contribution in [1.82, 2.24) is 4.90 Å². The minimum atomic E-state index is -0.108. The van der Waals surface area contributed by atoms with Crippen molar-refractivity contribution in [2.45, 2.75) is 20.3 Å². The van der Waals surface area contributed by atoms with Gasteiger partial charge in [-0.15, -0.1) is 0 Å². The molecule has 5 heteroatoms. The molecule has 0 N–H and O–H groups in total. The van der Waals surface area contributed by atoms with Gasteiger partial charge in [0.25, 0.3) is 0 Å². The fraction of sp³-hybridized carbons (Fsp3) is 0.250. The van der Waals surface area contributed by atoms with Crippen molar-refractivity contribution in [1.29, 1.82) is 0 Å². The zero-order chi connectivity index (χ0) is 23.2. The second-order valence-electron chi connectivity index (χ2n) is 7.90. The molecule has 0 aliphatic heterocycles. The minimum Gasteiger partial charge on any atom is -0.494 e. The van der Waals surface area contributed by atoms with Crippen LogP contribution < -0.4 is 4.74 Å². The predicted octanol–water partition coefficient (Wildman–Crippen LogP) is 7.09. The number of benzene rings is 3. The highest BCUT2D eigenvalue weighted by Gasteiger charge is 2.23. The number of ketones is 1. The molecule has 1 aromatic heterocycles. The Morgan fingerprint density at radius 1 is 0.970 bits per heavy atom. The summed E-state index contributed by atoms with van der Waals surface area (Å²) >= 11 is 6.24. The van der Waals surface area contributed by atoms with Gasteiger partial charge in [-0.3, -0.25) is 4.79 Å². The molecule has 0 spiro atoms. The van der Waals surface area contributed by atoms with E-state index in [4.69, 9.17) is 20.8 Å². The Kier molecular flexibility index (Phi) is 7.48. The van der Waals surface area contributed by atoms with Gasteiger partial charge in [-0.1, -0.05) is 55.8 Å². The van der Waals surface area contributed by atoms with Crippen LogP contribution in [0.1, 0.15) is 36.2 Å². The van der Waals surface area contributed by atoms with Crippen molar-refractivity contribution in [2.24, 2.45) is 0 Å². The Balaban J connectivity index is 1.57. The second-order valence-corrected chi connectivity index (χ2v) is 8.33. The molecule has 4 rings (SSSR count). The number of hydrogen-bond acceptors (Lipinski definition) is 4. The average molecular weight is 462 g/mol. The van der Waals surface area contributed by atoms with E-state index in [-0.39, 0.29) is 5.78 Å². The topological polar surface area (TPSA) is 42.7 Å². The Morgan fingerprint density at radius 2 is 1.70 bits per heavy atom. The maximum Gasteiger partial charge on any atom is 0.197 e. The van der Waals surface area contributed by atoms with Crippen LogP contribution in [0.25, 0.3) is 22.3 Å². The van der Waals surface area contributed by atoms with Crippen molar-refractivity contribution >= 4 is 28.4 Å². The number of carbonyl (C=O) groups is 1. The summed E-state index contributed by atoms with van der Waals surface area (Å²) in [6.45, 7) is 8.09. The summed E-state index contributed by atoms with van der Waals surface area (Å²) in [6.07, 6.45) is 0.963. The number of rotatable bonds is 10. The lowest BCUT2D eigenvalue weighted by molar-refractivity contribution is 0.104. The Bertz CT molecular complexity index is 1210. The highest BCUT2D eigenvalue weighted by Crippen LogP contribution is 2.36. The van der Waals surface area contributed by atoms with Crippen LogP contribution in [0, 0.1) is 0 Å². The molecule has 33 heavy (non-hydrogen) atoms. The lowest BCUT2D eigenvalue weighted by Crippen LogP contribution is -2.25. The third kappa shape index (κ3) is 5.29. The summed E-state index contributed by atoms with van der Waals surface area (Å²) < 4.78 is 12.0. The van der Waals surface area contributed by atoms with Crippen LogP contribution in [0.15, 0.2) is 77.2 Å². The molecule has 0 aliphatic rings. The van der Waals surface area contributed by atoms with Gasteiger partial charge in [-0.25, -0.2) is 0 Å². The maximum atomic E-state index is 13.6. The van der Waals surface area contributed by atoms with Gasteiger partial charge in [0.15, 0.2) is 5.78 Å². The van der Waals surface area contributed by atoms with E-state index in [9.17, 15) is 4.79 Å². The Morgan fingerprint density at radius 3 is 2.39 bits per heavy atom. The van der Waals surface area contributed by atoms with E-state index < -0.39 is 0 Å². The third-order valence-electron chi connectivity index (χ3n) is 5.81. The number of carbonyl (C=O) groups excluding carboxylic acids is 1. The van der Waals surface area contributed by atoms with Crippen LogP contribution in [0.2, 0.25) is 5.02 Å². The first-order valence-electron chi connectivity index (χ1n) is 11.4. The van der Waals surface area contributed by atoms with Crippen molar-refractivity contribution < 1.29 is 13.9 Å². The monoisotopic (exact) mass is 461 g/mol. The van der Waals surface area contributed by atoms with E-state index >= 15 is 0 Å².